The second kappa shape index (κ2) is 7.46. The third-order valence-electron chi connectivity index (χ3n) is 3.66. The molecule has 2 amide bonds. The number of nitrogens with zero attached hydrogens (tertiary/aromatic N) is 2. The fourth-order valence-electron chi connectivity index (χ4n) is 2.45. The van der Waals surface area contributed by atoms with Crippen LogP contribution in [0.15, 0.2) is 29.6 Å². The molecule has 0 bridgehead atoms. The molecule has 0 atom stereocenters. The molecule has 1 aliphatic heterocycles. The molecule has 0 saturated carbocycles. The van der Waals surface area contributed by atoms with Crippen LogP contribution in [0.3, 0.4) is 0 Å². The van der Waals surface area contributed by atoms with Crippen molar-refractivity contribution in [2.45, 2.75) is 13.1 Å². The summed E-state index contributed by atoms with van der Waals surface area (Å²) in [7, 11) is 0. The Morgan fingerprint density at radius 3 is 2.64 bits per heavy atom. The van der Waals surface area contributed by atoms with Gasteiger partial charge in [-0.1, -0.05) is 17.7 Å². The lowest BCUT2D eigenvalue weighted by atomic mass is 10.3. The lowest BCUT2D eigenvalue weighted by molar-refractivity contribution is 0.136. The zero-order valence-corrected chi connectivity index (χ0v) is 14.5. The van der Waals surface area contributed by atoms with Crippen LogP contribution in [0, 0.1) is 0 Å². The highest BCUT2D eigenvalue weighted by atomic mass is 35.5. The van der Waals surface area contributed by atoms with E-state index in [1.165, 1.54) is 16.2 Å². The van der Waals surface area contributed by atoms with E-state index in [1.807, 2.05) is 17.0 Å². The van der Waals surface area contributed by atoms with Crippen LogP contribution >= 0.6 is 34.3 Å². The Labute approximate surface area is 143 Å². The van der Waals surface area contributed by atoms with Crippen LogP contribution in [0.4, 0.5) is 4.79 Å². The van der Waals surface area contributed by atoms with E-state index in [4.69, 9.17) is 11.6 Å². The van der Waals surface area contributed by atoms with Crippen LogP contribution < -0.4 is 5.32 Å². The Hall–Kier alpha value is -1.08. The lowest BCUT2D eigenvalue weighted by Gasteiger charge is -2.34. The van der Waals surface area contributed by atoms with Gasteiger partial charge in [0.25, 0.3) is 0 Å². The fraction of sp³-hybridized carbons (Fsp3) is 0.400. The molecule has 2 aromatic rings. The minimum Gasteiger partial charge on any atom is -0.333 e. The summed E-state index contributed by atoms with van der Waals surface area (Å²) >= 11 is 9.18. The molecule has 22 heavy (non-hydrogen) atoms. The highest BCUT2D eigenvalue weighted by Gasteiger charge is 2.21. The number of amides is 2. The summed E-state index contributed by atoms with van der Waals surface area (Å²) in [6, 6.07) is 8.07. The standard InChI is InChI=1S/C15H18ClN3OS2/c16-14-4-3-12(22-14)10-17-15(20)19-7-5-18(6-8-19)11-13-2-1-9-21-13/h1-4,9H,5-8,10-11H2,(H,17,20). The van der Waals surface area contributed by atoms with Crippen molar-refractivity contribution in [3.05, 3.63) is 43.7 Å². The number of halogens is 1. The van der Waals surface area contributed by atoms with Gasteiger partial charge in [0.1, 0.15) is 0 Å². The van der Waals surface area contributed by atoms with Gasteiger partial charge in [0.05, 0.1) is 10.9 Å². The Morgan fingerprint density at radius 2 is 2.00 bits per heavy atom. The monoisotopic (exact) mass is 355 g/mol. The van der Waals surface area contributed by atoms with Gasteiger partial charge in [-0.15, -0.1) is 22.7 Å². The van der Waals surface area contributed by atoms with Crippen molar-refractivity contribution in [2.75, 3.05) is 26.2 Å². The van der Waals surface area contributed by atoms with Crippen molar-refractivity contribution in [3.63, 3.8) is 0 Å². The molecule has 3 rings (SSSR count). The number of hydrogen-bond donors (Lipinski definition) is 1. The highest BCUT2D eigenvalue weighted by Crippen LogP contribution is 2.21. The third kappa shape index (κ3) is 4.23. The van der Waals surface area contributed by atoms with Crippen molar-refractivity contribution in [1.82, 2.24) is 15.1 Å². The van der Waals surface area contributed by atoms with Gasteiger partial charge in [0.15, 0.2) is 0 Å². The molecule has 3 heterocycles. The molecule has 0 radical (unpaired) electrons. The average molecular weight is 356 g/mol. The van der Waals surface area contributed by atoms with Crippen LogP contribution in [-0.2, 0) is 13.1 Å². The van der Waals surface area contributed by atoms with E-state index in [-0.39, 0.29) is 6.03 Å². The fourth-order valence-corrected chi connectivity index (χ4v) is 4.23. The van der Waals surface area contributed by atoms with Crippen molar-refractivity contribution in [2.24, 2.45) is 0 Å². The second-order valence-corrected chi connectivity index (χ2v) is 8.04. The SMILES string of the molecule is O=C(NCc1ccc(Cl)s1)N1CCN(Cc2cccs2)CC1. The number of carbonyl (C=O) groups excluding carboxylic acids is 1. The van der Waals surface area contributed by atoms with Gasteiger partial charge in [-0.2, -0.15) is 0 Å². The van der Waals surface area contributed by atoms with Gasteiger partial charge < -0.3 is 10.2 Å². The topological polar surface area (TPSA) is 35.6 Å². The number of rotatable bonds is 4. The molecule has 2 aromatic heterocycles. The van der Waals surface area contributed by atoms with Crippen molar-refractivity contribution < 1.29 is 4.79 Å². The molecule has 1 aliphatic rings. The van der Waals surface area contributed by atoms with Gasteiger partial charge in [-0.25, -0.2) is 4.79 Å². The first-order valence-electron chi connectivity index (χ1n) is 7.22. The predicted molar refractivity (Wildman–Crippen MR) is 92.7 cm³/mol. The first-order chi connectivity index (χ1) is 10.7. The highest BCUT2D eigenvalue weighted by molar-refractivity contribution is 7.16. The number of carbonyl (C=O) groups is 1. The maximum atomic E-state index is 12.2. The molecular formula is C15H18ClN3OS2. The smallest absolute Gasteiger partial charge is 0.317 e. The summed E-state index contributed by atoms with van der Waals surface area (Å²) in [5.41, 5.74) is 0. The van der Waals surface area contributed by atoms with Crippen LogP contribution in [0.5, 0.6) is 0 Å². The number of urea groups is 1. The number of thiophene rings is 2. The molecule has 0 unspecified atom stereocenters. The largest absolute Gasteiger partial charge is 0.333 e. The number of nitrogens with one attached hydrogen (secondary N) is 1. The molecule has 7 heteroatoms. The van der Waals surface area contributed by atoms with E-state index in [0.717, 1.165) is 41.9 Å². The molecule has 0 spiro atoms. The summed E-state index contributed by atoms with van der Waals surface area (Å²) < 4.78 is 0.756. The van der Waals surface area contributed by atoms with Crippen molar-refractivity contribution >= 4 is 40.3 Å². The van der Waals surface area contributed by atoms with E-state index in [9.17, 15) is 4.79 Å². The van der Waals surface area contributed by atoms with Crippen LogP contribution in [-0.4, -0.2) is 42.0 Å². The maximum absolute atomic E-state index is 12.2. The summed E-state index contributed by atoms with van der Waals surface area (Å²) in [6.45, 7) is 4.95. The van der Waals surface area contributed by atoms with Crippen LogP contribution in [0.25, 0.3) is 0 Å². The first kappa shape index (κ1) is 15.8. The van der Waals surface area contributed by atoms with Gasteiger partial charge in [0, 0.05) is 42.5 Å². The molecule has 4 nitrogen and oxygen atoms in total. The average Bonchev–Trinajstić information content (AvgIpc) is 3.17. The van der Waals surface area contributed by atoms with Crippen LogP contribution in [0.2, 0.25) is 4.34 Å². The predicted octanol–water partition coefficient (Wildman–Crippen LogP) is 3.49. The molecular weight excluding hydrogens is 338 g/mol. The summed E-state index contributed by atoms with van der Waals surface area (Å²) in [6.07, 6.45) is 0. The quantitative estimate of drug-likeness (QED) is 0.911. The number of hydrogen-bond acceptors (Lipinski definition) is 4. The Kier molecular flexibility index (Phi) is 5.36. The Morgan fingerprint density at radius 1 is 1.18 bits per heavy atom. The Bertz CT molecular complexity index is 606. The van der Waals surface area contributed by atoms with Gasteiger partial charge in [0.2, 0.25) is 0 Å². The van der Waals surface area contributed by atoms with E-state index >= 15 is 0 Å². The van der Waals surface area contributed by atoms with E-state index < -0.39 is 0 Å². The molecule has 0 aromatic carbocycles. The zero-order valence-electron chi connectivity index (χ0n) is 12.1. The first-order valence-corrected chi connectivity index (χ1v) is 9.30. The second-order valence-electron chi connectivity index (χ2n) is 5.21. The number of piperazine rings is 1. The van der Waals surface area contributed by atoms with Crippen LogP contribution in [0.1, 0.15) is 9.75 Å². The lowest BCUT2D eigenvalue weighted by Crippen LogP contribution is -2.51. The molecule has 1 N–H and O–H groups in total. The summed E-state index contributed by atoms with van der Waals surface area (Å²) in [4.78, 5) is 18.9. The van der Waals surface area contributed by atoms with Gasteiger partial charge in [-0.05, 0) is 23.6 Å². The maximum Gasteiger partial charge on any atom is 0.317 e. The normalized spacial score (nSPS) is 16.0. The molecule has 118 valence electrons. The van der Waals surface area contributed by atoms with Gasteiger partial charge in [-0.3, -0.25) is 4.90 Å². The molecule has 0 aliphatic carbocycles. The molecule has 1 saturated heterocycles. The summed E-state index contributed by atoms with van der Waals surface area (Å²) in [5, 5.41) is 5.07. The minimum absolute atomic E-state index is 0.0142. The van der Waals surface area contributed by atoms with Crippen molar-refractivity contribution in [1.29, 1.82) is 0 Å². The summed E-state index contributed by atoms with van der Waals surface area (Å²) in [5.74, 6) is 0. The van der Waals surface area contributed by atoms with E-state index in [2.05, 4.69) is 27.7 Å². The third-order valence-corrected chi connectivity index (χ3v) is 5.75. The van der Waals surface area contributed by atoms with E-state index in [1.54, 1.807) is 11.3 Å². The minimum atomic E-state index is 0.0142. The zero-order chi connectivity index (χ0) is 15.4. The van der Waals surface area contributed by atoms with Crippen molar-refractivity contribution in [3.8, 4) is 0 Å². The Balaban J connectivity index is 1.41. The molecule has 1 fully saturated rings. The van der Waals surface area contributed by atoms with E-state index in [0.29, 0.717) is 6.54 Å². The van der Waals surface area contributed by atoms with Gasteiger partial charge >= 0.3 is 6.03 Å².